The molecule has 0 aliphatic carbocycles. The van der Waals surface area contributed by atoms with E-state index in [2.05, 4.69) is 0 Å². The first-order valence-corrected chi connectivity index (χ1v) is 9.82. The van der Waals surface area contributed by atoms with Gasteiger partial charge in [0.2, 0.25) is 5.78 Å². The third-order valence-corrected chi connectivity index (χ3v) is 5.04. The second-order valence-corrected chi connectivity index (χ2v) is 8.82. The molecule has 28 heavy (non-hydrogen) atoms. The molecule has 0 saturated carbocycles. The van der Waals surface area contributed by atoms with Crippen LogP contribution in [0.2, 0.25) is 0 Å². The van der Waals surface area contributed by atoms with Gasteiger partial charge in [0.05, 0.1) is 6.04 Å². The summed E-state index contributed by atoms with van der Waals surface area (Å²) in [5.41, 5.74) is 2.78. The van der Waals surface area contributed by atoms with Crippen LogP contribution in [-0.4, -0.2) is 20.3 Å². The third-order valence-electron chi connectivity index (χ3n) is 4.52. The summed E-state index contributed by atoms with van der Waals surface area (Å²) in [5, 5.41) is 0. The molecule has 1 aliphatic heterocycles. The standard InChI is InChI=1S/C22H18Cl3NO2/c1-15(27)18-12-19(21(28)22(23,24)25)14-26(13-18)20(16-8-4-2-5-9-16)17-10-6-3-7-11-17/h2-11,13-14,20H,12H2,1H3. The van der Waals surface area contributed by atoms with E-state index in [9.17, 15) is 9.59 Å². The van der Waals surface area contributed by atoms with Gasteiger partial charge >= 0.3 is 0 Å². The van der Waals surface area contributed by atoms with Crippen molar-refractivity contribution in [2.24, 2.45) is 0 Å². The fourth-order valence-corrected chi connectivity index (χ4v) is 3.55. The fourth-order valence-electron chi connectivity index (χ4n) is 3.19. The SMILES string of the molecule is CC(=O)C1=CN(C(c2ccccc2)c2ccccc2)C=C(C(=O)C(Cl)(Cl)Cl)C1. The Bertz CT molecular complexity index is 892. The van der Waals surface area contributed by atoms with Gasteiger partial charge in [-0.25, -0.2) is 0 Å². The molecule has 2 aromatic rings. The maximum atomic E-state index is 12.6. The Labute approximate surface area is 179 Å². The molecule has 0 N–H and O–H groups in total. The number of nitrogens with zero attached hydrogens (tertiary/aromatic N) is 1. The van der Waals surface area contributed by atoms with Crippen molar-refractivity contribution in [1.29, 1.82) is 0 Å². The minimum Gasteiger partial charge on any atom is -0.342 e. The Hall–Kier alpha value is -2.07. The highest BCUT2D eigenvalue weighted by molar-refractivity contribution is 6.77. The molecule has 0 radical (unpaired) electrons. The minimum absolute atomic E-state index is 0.132. The van der Waals surface area contributed by atoms with Gasteiger partial charge in [0, 0.05) is 30.0 Å². The van der Waals surface area contributed by atoms with E-state index in [0.29, 0.717) is 5.57 Å². The average molecular weight is 435 g/mol. The van der Waals surface area contributed by atoms with Crippen LogP contribution in [0.5, 0.6) is 0 Å². The molecule has 144 valence electrons. The summed E-state index contributed by atoms with van der Waals surface area (Å²) in [6, 6.07) is 19.4. The summed E-state index contributed by atoms with van der Waals surface area (Å²) >= 11 is 17.5. The average Bonchev–Trinajstić information content (AvgIpc) is 2.68. The number of hydrogen-bond donors (Lipinski definition) is 0. The molecule has 0 aromatic heterocycles. The first kappa shape index (κ1) is 20.7. The molecule has 0 bridgehead atoms. The second-order valence-electron chi connectivity index (χ2n) is 6.54. The molecule has 6 heteroatoms. The van der Waals surface area contributed by atoms with Crippen molar-refractivity contribution in [3.8, 4) is 0 Å². The normalized spacial score (nSPS) is 14.5. The van der Waals surface area contributed by atoms with E-state index in [-0.39, 0.29) is 23.8 Å². The van der Waals surface area contributed by atoms with Crippen molar-refractivity contribution in [3.05, 3.63) is 95.3 Å². The summed E-state index contributed by atoms with van der Waals surface area (Å²) in [4.78, 5) is 26.6. The van der Waals surface area contributed by atoms with Crippen molar-refractivity contribution in [2.45, 2.75) is 23.2 Å². The molecule has 1 heterocycles. The number of allylic oxidation sites excluding steroid dienone is 2. The van der Waals surface area contributed by atoms with Gasteiger partial charge < -0.3 is 4.90 Å². The van der Waals surface area contributed by atoms with Gasteiger partial charge in [-0.1, -0.05) is 95.5 Å². The molecule has 1 aliphatic rings. The lowest BCUT2D eigenvalue weighted by molar-refractivity contribution is -0.115. The highest BCUT2D eigenvalue weighted by Crippen LogP contribution is 2.37. The molecule has 3 rings (SSSR count). The van der Waals surface area contributed by atoms with Crippen LogP contribution in [0.15, 0.2) is 84.2 Å². The first-order chi connectivity index (χ1) is 13.3. The predicted octanol–water partition coefficient (Wildman–Crippen LogP) is 5.78. The minimum atomic E-state index is -2.08. The van der Waals surface area contributed by atoms with Crippen LogP contribution in [0.25, 0.3) is 0 Å². The van der Waals surface area contributed by atoms with E-state index in [1.54, 1.807) is 12.4 Å². The summed E-state index contributed by atoms with van der Waals surface area (Å²) in [6.07, 6.45) is 3.57. The number of rotatable bonds is 5. The molecule has 0 atom stereocenters. The van der Waals surface area contributed by atoms with Crippen molar-refractivity contribution < 1.29 is 9.59 Å². The Morgan fingerprint density at radius 1 is 0.857 bits per heavy atom. The number of alkyl halides is 3. The van der Waals surface area contributed by atoms with E-state index in [1.807, 2.05) is 65.6 Å². The molecule has 2 aromatic carbocycles. The van der Waals surface area contributed by atoms with E-state index in [0.717, 1.165) is 11.1 Å². The van der Waals surface area contributed by atoms with Crippen LogP contribution >= 0.6 is 34.8 Å². The Balaban J connectivity index is 2.13. The smallest absolute Gasteiger partial charge is 0.253 e. The molecule has 3 nitrogen and oxygen atoms in total. The van der Waals surface area contributed by atoms with Crippen molar-refractivity contribution in [3.63, 3.8) is 0 Å². The Morgan fingerprint density at radius 2 is 1.32 bits per heavy atom. The zero-order valence-corrected chi connectivity index (χ0v) is 17.4. The Kier molecular flexibility index (Phi) is 6.29. The number of halogens is 3. The first-order valence-electron chi connectivity index (χ1n) is 8.68. The monoisotopic (exact) mass is 433 g/mol. The number of carbonyl (C=O) groups is 2. The maximum absolute atomic E-state index is 12.6. The van der Waals surface area contributed by atoms with Gasteiger partial charge in [-0.3, -0.25) is 9.59 Å². The topological polar surface area (TPSA) is 37.4 Å². The van der Waals surface area contributed by atoms with Crippen LogP contribution in [0.1, 0.15) is 30.5 Å². The number of Topliss-reactive ketones (excluding diaryl/α,β-unsaturated/α-hetero) is 2. The van der Waals surface area contributed by atoms with Gasteiger partial charge in [0.1, 0.15) is 0 Å². The molecular weight excluding hydrogens is 417 g/mol. The van der Waals surface area contributed by atoms with E-state index in [1.165, 1.54) is 6.92 Å². The highest BCUT2D eigenvalue weighted by atomic mass is 35.6. The zero-order valence-electron chi connectivity index (χ0n) is 15.1. The number of benzene rings is 2. The number of hydrogen-bond acceptors (Lipinski definition) is 3. The lowest BCUT2D eigenvalue weighted by atomic mass is 9.93. The second kappa shape index (κ2) is 8.52. The van der Waals surface area contributed by atoms with Gasteiger partial charge in [-0.05, 0) is 18.1 Å². The summed E-state index contributed by atoms with van der Waals surface area (Å²) in [5.74, 6) is -0.762. The van der Waals surface area contributed by atoms with Crippen molar-refractivity contribution >= 4 is 46.4 Å². The maximum Gasteiger partial charge on any atom is 0.253 e. The molecule has 0 fully saturated rings. The molecule has 0 saturated heterocycles. The largest absolute Gasteiger partial charge is 0.342 e. The molecular formula is C22H18Cl3NO2. The number of carbonyl (C=O) groups excluding carboxylic acids is 2. The van der Waals surface area contributed by atoms with Crippen molar-refractivity contribution in [2.75, 3.05) is 0 Å². The van der Waals surface area contributed by atoms with Crippen LogP contribution in [-0.2, 0) is 9.59 Å². The van der Waals surface area contributed by atoms with Crippen LogP contribution in [0, 0.1) is 0 Å². The summed E-state index contributed by atoms with van der Waals surface area (Å²) in [7, 11) is 0. The molecule has 0 unspecified atom stereocenters. The predicted molar refractivity (Wildman–Crippen MR) is 113 cm³/mol. The van der Waals surface area contributed by atoms with Gasteiger partial charge in [-0.2, -0.15) is 0 Å². The quantitative estimate of drug-likeness (QED) is 0.560. The molecule has 0 spiro atoms. The van der Waals surface area contributed by atoms with Crippen LogP contribution in [0.3, 0.4) is 0 Å². The van der Waals surface area contributed by atoms with Crippen LogP contribution < -0.4 is 0 Å². The number of ketones is 2. The lowest BCUT2D eigenvalue weighted by Gasteiger charge is -2.33. The lowest BCUT2D eigenvalue weighted by Crippen LogP contribution is -2.29. The van der Waals surface area contributed by atoms with E-state index >= 15 is 0 Å². The highest BCUT2D eigenvalue weighted by Gasteiger charge is 2.36. The van der Waals surface area contributed by atoms with E-state index < -0.39 is 9.58 Å². The fraction of sp³-hybridized carbons (Fsp3) is 0.182. The molecule has 0 amide bonds. The summed E-state index contributed by atoms with van der Waals surface area (Å²) in [6.45, 7) is 1.47. The third kappa shape index (κ3) is 4.67. The summed E-state index contributed by atoms with van der Waals surface area (Å²) < 4.78 is -2.08. The van der Waals surface area contributed by atoms with Gasteiger partial charge in [-0.15, -0.1) is 0 Å². The van der Waals surface area contributed by atoms with Crippen molar-refractivity contribution in [1.82, 2.24) is 4.90 Å². The van der Waals surface area contributed by atoms with Gasteiger partial charge in [0.25, 0.3) is 3.79 Å². The zero-order chi connectivity index (χ0) is 20.3. The van der Waals surface area contributed by atoms with Crippen LogP contribution in [0.4, 0.5) is 0 Å². The van der Waals surface area contributed by atoms with Gasteiger partial charge in [0.15, 0.2) is 5.78 Å². The van der Waals surface area contributed by atoms with E-state index in [4.69, 9.17) is 34.8 Å². The Morgan fingerprint density at radius 3 is 1.75 bits per heavy atom.